The van der Waals surface area contributed by atoms with Gasteiger partial charge in [0.15, 0.2) is 0 Å². The predicted molar refractivity (Wildman–Crippen MR) is 70.8 cm³/mol. The van der Waals surface area contributed by atoms with Crippen LogP contribution in [0.1, 0.15) is 13.3 Å². The number of aromatic nitrogens is 1. The summed E-state index contributed by atoms with van der Waals surface area (Å²) in [5, 5.41) is 0. The van der Waals surface area contributed by atoms with Crippen molar-refractivity contribution in [1.29, 1.82) is 0 Å². The fraction of sp³-hybridized carbons (Fsp3) is 0.545. The number of rotatable bonds is 5. The summed E-state index contributed by atoms with van der Waals surface area (Å²) in [6.07, 6.45) is 2.27. The largest absolute Gasteiger partial charge is 0.381 e. The molecule has 0 spiro atoms. The lowest BCUT2D eigenvalue weighted by Gasteiger charge is -2.19. The highest BCUT2D eigenvalue weighted by Crippen LogP contribution is 2.19. The van der Waals surface area contributed by atoms with Gasteiger partial charge in [-0.05, 0) is 19.4 Å². The number of ether oxygens (including phenoxy) is 1. The third kappa shape index (κ3) is 3.41. The Morgan fingerprint density at radius 1 is 1.58 bits per heavy atom. The summed E-state index contributed by atoms with van der Waals surface area (Å²) in [5.41, 5.74) is 2.32. The molecule has 1 aliphatic rings. The average molecular weight is 286 g/mol. The number of sulfonamides is 1. The van der Waals surface area contributed by atoms with Crippen molar-refractivity contribution in [3.63, 3.8) is 0 Å². The molecule has 1 aromatic heterocycles. The van der Waals surface area contributed by atoms with Crippen molar-refractivity contribution in [3.8, 4) is 0 Å². The van der Waals surface area contributed by atoms with Gasteiger partial charge in [-0.1, -0.05) is 0 Å². The predicted octanol–water partition coefficient (Wildman–Crippen LogP) is 0.0705. The zero-order valence-electron chi connectivity index (χ0n) is 10.7. The molecule has 2 heterocycles. The first-order chi connectivity index (χ1) is 9.03. The molecule has 0 bridgehead atoms. The number of nitrogens with zero attached hydrogens (tertiary/aromatic N) is 1. The van der Waals surface area contributed by atoms with E-state index in [1.807, 2.05) is 6.92 Å². The Morgan fingerprint density at radius 3 is 3.00 bits per heavy atom. The van der Waals surface area contributed by atoms with Crippen LogP contribution in [0.15, 0.2) is 23.2 Å². The van der Waals surface area contributed by atoms with E-state index in [1.165, 1.54) is 18.3 Å². The highest BCUT2D eigenvalue weighted by molar-refractivity contribution is 7.89. The minimum atomic E-state index is -3.57. The summed E-state index contributed by atoms with van der Waals surface area (Å²) in [6.45, 7) is 3.13. The van der Waals surface area contributed by atoms with Crippen LogP contribution in [0.25, 0.3) is 0 Å². The summed E-state index contributed by atoms with van der Waals surface area (Å²) >= 11 is 0. The molecule has 2 atom stereocenters. The van der Waals surface area contributed by atoms with Crippen LogP contribution in [0.5, 0.6) is 0 Å². The molecule has 4 N–H and O–H groups in total. The van der Waals surface area contributed by atoms with E-state index in [-0.39, 0.29) is 16.9 Å². The third-order valence-corrected chi connectivity index (χ3v) is 4.76. The molecule has 2 unspecified atom stereocenters. The molecule has 0 saturated carbocycles. The second kappa shape index (κ2) is 5.83. The van der Waals surface area contributed by atoms with Crippen LogP contribution in [0, 0.1) is 5.92 Å². The maximum atomic E-state index is 12.2. The quantitative estimate of drug-likeness (QED) is 0.522. The molecule has 0 aliphatic carbocycles. The molecule has 1 aliphatic heterocycles. The van der Waals surface area contributed by atoms with Crippen LogP contribution >= 0.6 is 0 Å². The van der Waals surface area contributed by atoms with Crippen molar-refractivity contribution in [2.24, 2.45) is 11.8 Å². The molecular weight excluding hydrogens is 268 g/mol. The monoisotopic (exact) mass is 286 g/mol. The normalized spacial score (nSPS) is 21.3. The number of nitrogens with two attached hydrogens (primary N) is 1. The molecule has 106 valence electrons. The van der Waals surface area contributed by atoms with Crippen LogP contribution in [-0.2, 0) is 14.8 Å². The topological polar surface area (TPSA) is 106 Å². The Bertz CT molecular complexity index is 528. The molecule has 7 nitrogen and oxygen atoms in total. The van der Waals surface area contributed by atoms with Gasteiger partial charge >= 0.3 is 0 Å². The van der Waals surface area contributed by atoms with Gasteiger partial charge in [0.2, 0.25) is 10.0 Å². The van der Waals surface area contributed by atoms with Gasteiger partial charge in [0.05, 0.1) is 11.5 Å². The van der Waals surface area contributed by atoms with Gasteiger partial charge in [-0.15, -0.1) is 0 Å². The zero-order chi connectivity index (χ0) is 13.9. The fourth-order valence-electron chi connectivity index (χ4n) is 2.01. The number of hydrazine groups is 1. The molecule has 0 radical (unpaired) electrons. The lowest BCUT2D eigenvalue weighted by atomic mass is 10.0. The highest BCUT2D eigenvalue weighted by Gasteiger charge is 2.26. The van der Waals surface area contributed by atoms with E-state index < -0.39 is 10.0 Å². The third-order valence-electron chi connectivity index (χ3n) is 3.20. The van der Waals surface area contributed by atoms with Gasteiger partial charge in [-0.2, -0.15) is 0 Å². The summed E-state index contributed by atoms with van der Waals surface area (Å²) < 4.78 is 32.4. The van der Waals surface area contributed by atoms with Crippen LogP contribution in [0.4, 0.5) is 5.82 Å². The summed E-state index contributed by atoms with van der Waals surface area (Å²) in [5.74, 6) is 5.74. The van der Waals surface area contributed by atoms with E-state index in [4.69, 9.17) is 10.6 Å². The Labute approximate surface area is 112 Å². The molecular formula is C11H18N4O3S. The smallest absolute Gasteiger partial charge is 0.241 e. The SMILES string of the molecule is CC(NS(=O)(=O)c1ccnc(NN)c1)C1CCOC1. The Kier molecular flexibility index (Phi) is 4.35. The van der Waals surface area contributed by atoms with E-state index >= 15 is 0 Å². The van der Waals surface area contributed by atoms with Gasteiger partial charge in [0.1, 0.15) is 5.82 Å². The molecule has 0 aromatic carbocycles. The first kappa shape index (κ1) is 14.2. The maximum Gasteiger partial charge on any atom is 0.241 e. The zero-order valence-corrected chi connectivity index (χ0v) is 11.5. The van der Waals surface area contributed by atoms with Crippen molar-refractivity contribution < 1.29 is 13.2 Å². The second-order valence-electron chi connectivity index (χ2n) is 4.55. The van der Waals surface area contributed by atoms with Gasteiger partial charge < -0.3 is 10.2 Å². The Hall–Kier alpha value is -1.22. The molecule has 1 fully saturated rings. The average Bonchev–Trinajstić information content (AvgIpc) is 2.92. The van der Waals surface area contributed by atoms with Crippen molar-refractivity contribution in [2.75, 3.05) is 18.6 Å². The summed E-state index contributed by atoms with van der Waals surface area (Å²) in [4.78, 5) is 4.02. The van der Waals surface area contributed by atoms with Crippen LogP contribution in [0.2, 0.25) is 0 Å². The first-order valence-electron chi connectivity index (χ1n) is 6.05. The molecule has 2 rings (SSSR count). The minimum Gasteiger partial charge on any atom is -0.381 e. The highest BCUT2D eigenvalue weighted by atomic mass is 32.2. The maximum absolute atomic E-state index is 12.2. The number of nitrogen functional groups attached to an aromatic ring is 1. The molecule has 19 heavy (non-hydrogen) atoms. The van der Waals surface area contributed by atoms with Crippen molar-refractivity contribution in [3.05, 3.63) is 18.3 Å². The van der Waals surface area contributed by atoms with E-state index in [0.717, 1.165) is 6.42 Å². The van der Waals surface area contributed by atoms with E-state index in [9.17, 15) is 8.42 Å². The van der Waals surface area contributed by atoms with Gasteiger partial charge in [0, 0.05) is 30.8 Å². The number of hydrogen-bond acceptors (Lipinski definition) is 6. The lowest BCUT2D eigenvalue weighted by Crippen LogP contribution is -2.38. The van der Waals surface area contributed by atoms with Gasteiger partial charge in [-0.3, -0.25) is 0 Å². The molecule has 8 heteroatoms. The van der Waals surface area contributed by atoms with E-state index in [1.54, 1.807) is 0 Å². The van der Waals surface area contributed by atoms with Crippen LogP contribution in [0.3, 0.4) is 0 Å². The Morgan fingerprint density at radius 2 is 2.37 bits per heavy atom. The van der Waals surface area contributed by atoms with Crippen molar-refractivity contribution >= 4 is 15.8 Å². The first-order valence-corrected chi connectivity index (χ1v) is 7.54. The van der Waals surface area contributed by atoms with E-state index in [2.05, 4.69) is 15.1 Å². The number of hydrogen-bond donors (Lipinski definition) is 3. The number of pyridine rings is 1. The summed E-state index contributed by atoms with van der Waals surface area (Å²) in [7, 11) is -3.57. The number of nitrogens with one attached hydrogen (secondary N) is 2. The number of anilines is 1. The fourth-order valence-corrected chi connectivity index (χ4v) is 3.34. The van der Waals surface area contributed by atoms with Crippen LogP contribution < -0.4 is 16.0 Å². The Balaban J connectivity index is 2.12. The summed E-state index contributed by atoms with van der Waals surface area (Å²) in [6, 6.07) is 2.65. The standard InChI is InChI=1S/C11H18N4O3S/c1-8(9-3-5-18-7-9)15-19(16,17)10-2-4-13-11(6-10)14-12/h2,4,6,8-9,15H,3,5,7,12H2,1H3,(H,13,14). The van der Waals surface area contributed by atoms with E-state index in [0.29, 0.717) is 19.0 Å². The van der Waals surface area contributed by atoms with Gasteiger partial charge in [0.25, 0.3) is 0 Å². The van der Waals surface area contributed by atoms with Crippen LogP contribution in [-0.4, -0.2) is 32.7 Å². The van der Waals surface area contributed by atoms with Crippen molar-refractivity contribution in [1.82, 2.24) is 9.71 Å². The lowest BCUT2D eigenvalue weighted by molar-refractivity contribution is 0.180. The van der Waals surface area contributed by atoms with Gasteiger partial charge in [-0.25, -0.2) is 24.0 Å². The molecule has 1 saturated heterocycles. The molecule has 0 amide bonds. The van der Waals surface area contributed by atoms with Crippen molar-refractivity contribution in [2.45, 2.75) is 24.3 Å². The molecule has 1 aromatic rings. The minimum absolute atomic E-state index is 0.140. The second-order valence-corrected chi connectivity index (χ2v) is 6.27.